The summed E-state index contributed by atoms with van der Waals surface area (Å²) in [6, 6.07) is 24.6. The monoisotopic (exact) mass is 516 g/mol. The molecular weight excluding hydrogens is 471 g/mol. The van der Waals surface area contributed by atoms with Crippen LogP contribution < -0.4 is 4.74 Å². The number of unbranched alkanes of at least 4 members (excludes halogenated alkanes) is 8. The van der Waals surface area contributed by atoms with Crippen molar-refractivity contribution in [3.8, 4) is 28.0 Å². The summed E-state index contributed by atoms with van der Waals surface area (Å²) in [6.07, 6.45) is 12.8. The lowest BCUT2D eigenvalue weighted by Gasteiger charge is -2.18. The maximum Gasteiger partial charge on any atom is 0.348 e. The Labute approximate surface area is 229 Å². The highest BCUT2D eigenvalue weighted by Crippen LogP contribution is 2.33. The Hall–Kier alpha value is -2.94. The molecule has 0 fully saturated rings. The van der Waals surface area contributed by atoms with Gasteiger partial charge in [0.25, 0.3) is 0 Å². The second-order valence-corrected chi connectivity index (χ2v) is 10.7. The van der Waals surface area contributed by atoms with Crippen molar-refractivity contribution in [3.63, 3.8) is 0 Å². The van der Waals surface area contributed by atoms with E-state index in [2.05, 4.69) is 56.3 Å². The molecule has 0 bridgehead atoms. The summed E-state index contributed by atoms with van der Waals surface area (Å²) in [5.74, 6) is -0.444. The third-order valence-corrected chi connectivity index (χ3v) is 7.31. The first-order valence-corrected chi connectivity index (χ1v) is 14.6. The summed E-state index contributed by atoms with van der Waals surface area (Å²) >= 11 is 0. The molecule has 0 amide bonds. The van der Waals surface area contributed by atoms with Gasteiger partial charge in [0.1, 0.15) is 5.75 Å². The number of hydrogen-bond donors (Lipinski definition) is 0. The molecule has 0 radical (unpaired) electrons. The largest absolute Gasteiger partial charge is 0.424 e. The fourth-order valence-corrected chi connectivity index (χ4v) is 4.85. The summed E-state index contributed by atoms with van der Waals surface area (Å²) in [7, 11) is 0. The smallest absolute Gasteiger partial charge is 0.348 e. The Morgan fingerprint density at radius 2 is 1.18 bits per heavy atom. The van der Waals surface area contributed by atoms with Crippen LogP contribution in [0.15, 0.2) is 72.8 Å². The number of carbonyl (C=O) groups is 1. The molecule has 1 unspecified atom stereocenters. The molecule has 204 valence electrons. The topological polar surface area (TPSA) is 26.3 Å². The summed E-state index contributed by atoms with van der Waals surface area (Å²) in [4.78, 5) is 12.5. The number of carbonyl (C=O) groups excluding carboxylic acids is 1. The standard InChI is InChI=1S/C35H45FO2/c1-4-6-8-10-12-16-28-19-21-29(22-20-28)32-17-13-14-18-33(32)30-23-25-31(26-24-30)38-34(37)35(3,36)27-15-11-9-7-5-2/h13-14,17-26H,4-12,15-16,27H2,1-3H3. The molecule has 0 aliphatic rings. The van der Waals surface area contributed by atoms with E-state index in [0.717, 1.165) is 48.8 Å². The van der Waals surface area contributed by atoms with E-state index in [1.54, 1.807) is 12.1 Å². The SMILES string of the molecule is CCCCCCCc1ccc(-c2ccccc2-c2ccc(OC(=O)C(C)(F)CCCCCCC)cc2)cc1. The van der Waals surface area contributed by atoms with Crippen LogP contribution in [0.4, 0.5) is 4.39 Å². The molecule has 3 heteroatoms. The zero-order chi connectivity index (χ0) is 27.2. The Morgan fingerprint density at radius 3 is 1.74 bits per heavy atom. The maximum atomic E-state index is 14.9. The van der Waals surface area contributed by atoms with Crippen LogP contribution in [0.1, 0.15) is 97.0 Å². The van der Waals surface area contributed by atoms with E-state index >= 15 is 0 Å². The van der Waals surface area contributed by atoms with Crippen LogP contribution in [0.3, 0.4) is 0 Å². The predicted octanol–water partition coefficient (Wildman–Crippen LogP) is 10.5. The average molecular weight is 517 g/mol. The van der Waals surface area contributed by atoms with Gasteiger partial charge in [0.2, 0.25) is 5.67 Å². The van der Waals surface area contributed by atoms with Crippen molar-refractivity contribution in [2.45, 2.75) is 103 Å². The van der Waals surface area contributed by atoms with Gasteiger partial charge in [0, 0.05) is 0 Å². The van der Waals surface area contributed by atoms with E-state index in [4.69, 9.17) is 4.74 Å². The van der Waals surface area contributed by atoms with E-state index in [-0.39, 0.29) is 6.42 Å². The minimum atomic E-state index is -1.97. The molecule has 38 heavy (non-hydrogen) atoms. The molecule has 0 heterocycles. The van der Waals surface area contributed by atoms with Crippen molar-refractivity contribution in [1.29, 1.82) is 0 Å². The summed E-state index contributed by atoms with van der Waals surface area (Å²) < 4.78 is 20.4. The second-order valence-electron chi connectivity index (χ2n) is 10.7. The minimum Gasteiger partial charge on any atom is -0.424 e. The highest BCUT2D eigenvalue weighted by Gasteiger charge is 2.34. The van der Waals surface area contributed by atoms with E-state index < -0.39 is 11.6 Å². The number of halogens is 1. The lowest BCUT2D eigenvalue weighted by atomic mass is 9.93. The Bertz CT molecular complexity index is 1100. The molecule has 0 aliphatic heterocycles. The zero-order valence-electron chi connectivity index (χ0n) is 23.6. The zero-order valence-corrected chi connectivity index (χ0v) is 23.6. The first-order valence-electron chi connectivity index (χ1n) is 14.6. The molecule has 3 aromatic carbocycles. The number of alkyl halides is 1. The maximum absolute atomic E-state index is 14.9. The molecule has 0 aliphatic carbocycles. The number of ether oxygens (including phenoxy) is 1. The second kappa shape index (κ2) is 15.5. The Balaban J connectivity index is 1.62. The number of aryl methyl sites for hydroxylation is 1. The lowest BCUT2D eigenvalue weighted by Crippen LogP contribution is -2.34. The van der Waals surface area contributed by atoms with Gasteiger partial charge in [-0.2, -0.15) is 0 Å². The van der Waals surface area contributed by atoms with Crippen molar-refractivity contribution in [3.05, 3.63) is 78.4 Å². The Morgan fingerprint density at radius 1 is 0.684 bits per heavy atom. The van der Waals surface area contributed by atoms with Crippen LogP contribution in [0, 0.1) is 0 Å². The third-order valence-electron chi connectivity index (χ3n) is 7.31. The van der Waals surface area contributed by atoms with Gasteiger partial charge in [-0.05, 0) is 72.6 Å². The number of hydrogen-bond acceptors (Lipinski definition) is 2. The average Bonchev–Trinajstić information content (AvgIpc) is 2.93. The molecule has 3 rings (SSSR count). The Kier molecular flexibility index (Phi) is 12.1. The highest BCUT2D eigenvalue weighted by atomic mass is 19.1. The van der Waals surface area contributed by atoms with Crippen molar-refractivity contribution >= 4 is 5.97 Å². The van der Waals surface area contributed by atoms with E-state index in [9.17, 15) is 9.18 Å². The molecule has 0 saturated heterocycles. The molecule has 0 spiro atoms. The van der Waals surface area contributed by atoms with Gasteiger partial charge in [-0.25, -0.2) is 9.18 Å². The molecular formula is C35H45FO2. The predicted molar refractivity (Wildman–Crippen MR) is 158 cm³/mol. The van der Waals surface area contributed by atoms with Gasteiger partial charge in [-0.1, -0.05) is 126 Å². The molecule has 0 aromatic heterocycles. The van der Waals surface area contributed by atoms with Gasteiger partial charge in [0.05, 0.1) is 0 Å². The van der Waals surface area contributed by atoms with Gasteiger partial charge >= 0.3 is 5.97 Å². The summed E-state index contributed by atoms with van der Waals surface area (Å²) in [6.45, 7) is 5.73. The molecule has 0 saturated carbocycles. The van der Waals surface area contributed by atoms with Gasteiger partial charge < -0.3 is 4.74 Å². The van der Waals surface area contributed by atoms with E-state index in [0.29, 0.717) is 12.2 Å². The molecule has 3 aromatic rings. The van der Waals surface area contributed by atoms with Crippen LogP contribution in [0.5, 0.6) is 5.75 Å². The van der Waals surface area contributed by atoms with E-state index in [1.807, 2.05) is 18.2 Å². The van der Waals surface area contributed by atoms with E-state index in [1.165, 1.54) is 50.2 Å². The first-order chi connectivity index (χ1) is 18.4. The summed E-state index contributed by atoms with van der Waals surface area (Å²) in [5.41, 5.74) is 3.89. The number of benzene rings is 3. The van der Waals surface area contributed by atoms with Gasteiger partial charge in [-0.3, -0.25) is 0 Å². The fourth-order valence-electron chi connectivity index (χ4n) is 4.85. The van der Waals surface area contributed by atoms with Crippen LogP contribution in [-0.4, -0.2) is 11.6 Å². The van der Waals surface area contributed by atoms with Crippen molar-refractivity contribution in [2.24, 2.45) is 0 Å². The third kappa shape index (κ3) is 9.11. The fraction of sp³-hybridized carbons (Fsp3) is 0.457. The van der Waals surface area contributed by atoms with Crippen LogP contribution >= 0.6 is 0 Å². The van der Waals surface area contributed by atoms with Crippen molar-refractivity contribution in [1.82, 2.24) is 0 Å². The van der Waals surface area contributed by atoms with Crippen LogP contribution in [0.25, 0.3) is 22.3 Å². The number of rotatable bonds is 16. The van der Waals surface area contributed by atoms with Crippen molar-refractivity contribution < 1.29 is 13.9 Å². The minimum absolute atomic E-state index is 0.193. The summed E-state index contributed by atoms with van der Waals surface area (Å²) in [5, 5.41) is 0. The van der Waals surface area contributed by atoms with Crippen LogP contribution in [0.2, 0.25) is 0 Å². The highest BCUT2D eigenvalue weighted by molar-refractivity contribution is 5.84. The first kappa shape index (κ1) is 29.6. The van der Waals surface area contributed by atoms with Crippen LogP contribution in [-0.2, 0) is 11.2 Å². The van der Waals surface area contributed by atoms with Crippen molar-refractivity contribution in [2.75, 3.05) is 0 Å². The normalized spacial score (nSPS) is 12.7. The number of esters is 1. The lowest BCUT2D eigenvalue weighted by molar-refractivity contribution is -0.147. The molecule has 1 atom stereocenters. The van der Waals surface area contributed by atoms with Gasteiger partial charge in [0.15, 0.2) is 0 Å². The molecule has 0 N–H and O–H groups in total. The molecule has 2 nitrogen and oxygen atoms in total. The quantitative estimate of drug-likeness (QED) is 0.107. The van der Waals surface area contributed by atoms with Gasteiger partial charge in [-0.15, -0.1) is 0 Å².